The number of furan rings is 1. The first-order valence-electron chi connectivity index (χ1n) is 8.38. The summed E-state index contributed by atoms with van der Waals surface area (Å²) in [7, 11) is 0. The number of amides is 1. The number of hydrogen-bond acceptors (Lipinski definition) is 4. The van der Waals surface area contributed by atoms with Gasteiger partial charge in [0.2, 0.25) is 0 Å². The molecule has 3 rings (SSSR count). The van der Waals surface area contributed by atoms with Gasteiger partial charge < -0.3 is 14.3 Å². The molecular formula is C20H22N2O3. The fourth-order valence-corrected chi connectivity index (χ4v) is 2.76. The maximum absolute atomic E-state index is 12.3. The van der Waals surface area contributed by atoms with E-state index in [0.717, 1.165) is 22.8 Å². The molecule has 0 aliphatic heterocycles. The van der Waals surface area contributed by atoms with E-state index in [1.54, 1.807) is 6.07 Å². The lowest BCUT2D eigenvalue weighted by Crippen LogP contribution is -2.27. The van der Waals surface area contributed by atoms with Gasteiger partial charge >= 0.3 is 0 Å². The Labute approximate surface area is 147 Å². The minimum absolute atomic E-state index is 0.201. The number of carbonyl (C=O) groups is 1. The van der Waals surface area contributed by atoms with Crippen LogP contribution in [0.3, 0.4) is 0 Å². The lowest BCUT2D eigenvalue weighted by molar-refractivity contribution is 0.0922. The Morgan fingerprint density at radius 3 is 2.60 bits per heavy atom. The zero-order chi connectivity index (χ0) is 17.8. The van der Waals surface area contributed by atoms with Gasteiger partial charge in [0.05, 0.1) is 5.69 Å². The van der Waals surface area contributed by atoms with E-state index in [1.807, 2.05) is 38.1 Å². The maximum Gasteiger partial charge on any atom is 0.287 e. The fraction of sp³-hybridized carbons (Fsp3) is 0.300. The average molecular weight is 338 g/mol. The van der Waals surface area contributed by atoms with E-state index in [9.17, 15) is 4.79 Å². The molecule has 5 nitrogen and oxygen atoms in total. The summed E-state index contributed by atoms with van der Waals surface area (Å²) in [5.41, 5.74) is 3.04. The number of carbonyl (C=O) groups excluding carboxylic acids is 1. The van der Waals surface area contributed by atoms with E-state index < -0.39 is 0 Å². The van der Waals surface area contributed by atoms with Crippen LogP contribution in [0.1, 0.15) is 51.7 Å². The lowest BCUT2D eigenvalue weighted by atomic mass is 10.0. The lowest BCUT2D eigenvalue weighted by Gasteiger charge is -2.12. The summed E-state index contributed by atoms with van der Waals surface area (Å²) in [4.78, 5) is 12.3. The summed E-state index contributed by atoms with van der Waals surface area (Å²) < 4.78 is 10.8. The first-order valence-corrected chi connectivity index (χ1v) is 8.38. The minimum Gasteiger partial charge on any atom is -0.456 e. The number of benzene rings is 1. The number of hydrogen-bond donors (Lipinski definition) is 1. The van der Waals surface area contributed by atoms with Crippen LogP contribution in [-0.2, 0) is 6.42 Å². The van der Waals surface area contributed by atoms with E-state index in [2.05, 4.69) is 29.5 Å². The summed E-state index contributed by atoms with van der Waals surface area (Å²) in [6, 6.07) is 13.6. The zero-order valence-electron chi connectivity index (χ0n) is 14.7. The largest absolute Gasteiger partial charge is 0.456 e. The first kappa shape index (κ1) is 17.0. The quantitative estimate of drug-likeness (QED) is 0.737. The van der Waals surface area contributed by atoms with E-state index in [1.165, 1.54) is 5.56 Å². The number of nitrogens with zero attached hydrogens (tertiary/aromatic N) is 1. The molecule has 0 fully saturated rings. The molecule has 0 saturated heterocycles. The van der Waals surface area contributed by atoms with Crippen molar-refractivity contribution >= 4 is 5.91 Å². The normalized spacial score (nSPS) is 12.1. The molecule has 2 heterocycles. The highest BCUT2D eigenvalue weighted by atomic mass is 16.5. The van der Waals surface area contributed by atoms with Gasteiger partial charge in [0.1, 0.15) is 11.5 Å². The van der Waals surface area contributed by atoms with Crippen LogP contribution in [0.4, 0.5) is 0 Å². The van der Waals surface area contributed by atoms with Gasteiger partial charge in [0.15, 0.2) is 5.76 Å². The molecule has 1 N–H and O–H groups in total. The van der Waals surface area contributed by atoms with E-state index in [-0.39, 0.29) is 11.8 Å². The van der Waals surface area contributed by atoms with Crippen molar-refractivity contribution in [2.45, 2.75) is 33.1 Å². The van der Waals surface area contributed by atoms with Crippen molar-refractivity contribution < 1.29 is 13.7 Å². The van der Waals surface area contributed by atoms with Crippen LogP contribution in [0.15, 0.2) is 51.4 Å². The molecule has 1 atom stereocenters. The predicted octanol–water partition coefficient (Wildman–Crippen LogP) is 4.01. The van der Waals surface area contributed by atoms with E-state index in [4.69, 9.17) is 8.94 Å². The van der Waals surface area contributed by atoms with Gasteiger partial charge in [-0.25, -0.2) is 0 Å². The highest BCUT2D eigenvalue weighted by Gasteiger charge is 2.16. The molecular weight excluding hydrogens is 316 g/mol. The topological polar surface area (TPSA) is 68.3 Å². The summed E-state index contributed by atoms with van der Waals surface area (Å²) >= 11 is 0. The molecule has 0 spiro atoms. The number of aryl methyl sites for hydroxylation is 2. The average Bonchev–Trinajstić information content (AvgIpc) is 3.22. The van der Waals surface area contributed by atoms with Gasteiger partial charge in [0, 0.05) is 18.5 Å². The molecule has 3 aromatic rings. The van der Waals surface area contributed by atoms with Crippen LogP contribution in [-0.4, -0.2) is 17.6 Å². The molecule has 1 aromatic carbocycles. The molecule has 5 heteroatoms. The van der Waals surface area contributed by atoms with Crippen molar-refractivity contribution in [2.24, 2.45) is 0 Å². The molecule has 0 aliphatic rings. The fourth-order valence-electron chi connectivity index (χ4n) is 2.76. The van der Waals surface area contributed by atoms with Crippen LogP contribution in [0.5, 0.6) is 0 Å². The van der Waals surface area contributed by atoms with Crippen LogP contribution < -0.4 is 5.32 Å². The molecule has 0 unspecified atom stereocenters. The zero-order valence-corrected chi connectivity index (χ0v) is 14.7. The van der Waals surface area contributed by atoms with Gasteiger partial charge in [-0.3, -0.25) is 4.79 Å². The Hall–Kier alpha value is -2.82. The summed E-state index contributed by atoms with van der Waals surface area (Å²) in [5.74, 6) is 1.85. The SMILES string of the molecule is Cc1noc(C)c1Cc1ccc(C(=O)NC[C@H](C)c2ccccc2)o1. The summed E-state index contributed by atoms with van der Waals surface area (Å²) in [6.45, 7) is 6.41. The third-order valence-electron chi connectivity index (χ3n) is 4.36. The van der Waals surface area contributed by atoms with E-state index in [0.29, 0.717) is 18.7 Å². The van der Waals surface area contributed by atoms with E-state index >= 15 is 0 Å². The van der Waals surface area contributed by atoms with Crippen LogP contribution in [0, 0.1) is 13.8 Å². The van der Waals surface area contributed by atoms with Gasteiger partial charge in [-0.15, -0.1) is 0 Å². The van der Waals surface area contributed by atoms with Gasteiger partial charge in [-0.1, -0.05) is 42.4 Å². The molecule has 1 amide bonds. The van der Waals surface area contributed by atoms with Crippen LogP contribution >= 0.6 is 0 Å². The Kier molecular flexibility index (Phi) is 5.03. The van der Waals surface area contributed by atoms with Crippen molar-refractivity contribution in [1.29, 1.82) is 0 Å². The van der Waals surface area contributed by atoms with Crippen molar-refractivity contribution in [3.05, 3.63) is 76.6 Å². The minimum atomic E-state index is -0.201. The first-order chi connectivity index (χ1) is 12.0. The van der Waals surface area contributed by atoms with Gasteiger partial charge in [-0.05, 0) is 37.5 Å². The maximum atomic E-state index is 12.3. The molecule has 2 aromatic heterocycles. The molecule has 0 aliphatic carbocycles. The number of aromatic nitrogens is 1. The highest BCUT2D eigenvalue weighted by molar-refractivity contribution is 5.91. The Balaban J connectivity index is 1.59. The van der Waals surface area contributed by atoms with Gasteiger partial charge in [-0.2, -0.15) is 0 Å². The van der Waals surface area contributed by atoms with Crippen molar-refractivity contribution in [3.63, 3.8) is 0 Å². The van der Waals surface area contributed by atoms with Crippen molar-refractivity contribution in [1.82, 2.24) is 10.5 Å². The van der Waals surface area contributed by atoms with Gasteiger partial charge in [0.25, 0.3) is 5.91 Å². The van der Waals surface area contributed by atoms with Crippen LogP contribution in [0.25, 0.3) is 0 Å². The second-order valence-electron chi connectivity index (χ2n) is 6.27. The monoisotopic (exact) mass is 338 g/mol. The summed E-state index contributed by atoms with van der Waals surface area (Å²) in [5, 5.41) is 6.86. The highest BCUT2D eigenvalue weighted by Crippen LogP contribution is 2.19. The third-order valence-corrected chi connectivity index (χ3v) is 4.36. The standard InChI is InChI=1S/C20H22N2O3/c1-13(16-7-5-4-6-8-16)12-21-20(23)19-10-9-17(24-19)11-18-14(2)22-25-15(18)3/h4-10,13H,11-12H2,1-3H3,(H,21,23)/t13-/m0/s1. The smallest absolute Gasteiger partial charge is 0.287 e. The van der Waals surface area contributed by atoms with Crippen molar-refractivity contribution in [3.8, 4) is 0 Å². The molecule has 0 radical (unpaired) electrons. The van der Waals surface area contributed by atoms with Crippen molar-refractivity contribution in [2.75, 3.05) is 6.54 Å². The van der Waals surface area contributed by atoms with Crippen LogP contribution in [0.2, 0.25) is 0 Å². The number of rotatable bonds is 6. The Morgan fingerprint density at radius 1 is 1.16 bits per heavy atom. The molecule has 0 bridgehead atoms. The second-order valence-corrected chi connectivity index (χ2v) is 6.27. The second kappa shape index (κ2) is 7.38. The predicted molar refractivity (Wildman–Crippen MR) is 94.7 cm³/mol. The molecule has 130 valence electrons. The Bertz CT molecular complexity index is 829. The third kappa shape index (κ3) is 3.99. The summed E-state index contributed by atoms with van der Waals surface area (Å²) in [6.07, 6.45) is 0.564. The number of nitrogens with one attached hydrogen (secondary N) is 1. The Morgan fingerprint density at radius 2 is 1.92 bits per heavy atom. The molecule has 0 saturated carbocycles. The molecule has 25 heavy (non-hydrogen) atoms.